The van der Waals surface area contributed by atoms with Crippen molar-refractivity contribution in [1.82, 2.24) is 19.9 Å². The van der Waals surface area contributed by atoms with E-state index in [1.54, 1.807) is 30.0 Å². The minimum atomic E-state index is -1.01. The highest BCUT2D eigenvalue weighted by atomic mass is 19.2. The number of carbonyl (C=O) groups excluding carboxylic acids is 1. The predicted molar refractivity (Wildman–Crippen MR) is 105 cm³/mol. The third kappa shape index (κ3) is 3.46. The molecule has 1 atom stereocenters. The highest BCUT2D eigenvalue weighted by Crippen LogP contribution is 2.34. The summed E-state index contributed by atoms with van der Waals surface area (Å²) < 4.78 is 42.3. The normalized spacial score (nSPS) is 18.8. The molecule has 1 saturated heterocycles. The smallest absolute Gasteiger partial charge is 0.276 e. The maximum Gasteiger partial charge on any atom is 0.276 e. The van der Waals surface area contributed by atoms with E-state index in [1.807, 2.05) is 6.92 Å². The van der Waals surface area contributed by atoms with Gasteiger partial charge < -0.3 is 4.90 Å². The summed E-state index contributed by atoms with van der Waals surface area (Å²) in [6.45, 7) is 4.12. The lowest BCUT2D eigenvalue weighted by molar-refractivity contribution is 0.0616. The number of aromatic nitrogens is 3. The Bertz CT molecular complexity index is 1110. The first-order valence-electron chi connectivity index (χ1n) is 9.73. The minimum Gasteiger partial charge on any atom is -0.331 e. The summed E-state index contributed by atoms with van der Waals surface area (Å²) >= 11 is 0. The van der Waals surface area contributed by atoms with Crippen molar-refractivity contribution in [1.29, 1.82) is 0 Å². The van der Waals surface area contributed by atoms with Crippen LogP contribution in [0.15, 0.2) is 42.5 Å². The van der Waals surface area contributed by atoms with Gasteiger partial charge in [0.05, 0.1) is 11.4 Å². The highest BCUT2D eigenvalue weighted by Gasteiger charge is 2.41. The van der Waals surface area contributed by atoms with Crippen LogP contribution in [0, 0.1) is 24.4 Å². The number of benzene rings is 2. The Morgan fingerprint density at radius 1 is 1.10 bits per heavy atom. The molecule has 0 saturated carbocycles. The first kappa shape index (κ1) is 20.1. The number of nitrogens with zero attached hydrogens (tertiary/aromatic N) is 4. The molecule has 1 unspecified atom stereocenters. The lowest BCUT2D eigenvalue weighted by Crippen LogP contribution is -2.47. The second kappa shape index (κ2) is 7.59. The van der Waals surface area contributed by atoms with Crippen molar-refractivity contribution < 1.29 is 18.0 Å². The molecule has 0 radical (unpaired) electrons. The molecule has 0 spiro atoms. The second-order valence-electron chi connectivity index (χ2n) is 7.86. The summed E-state index contributed by atoms with van der Waals surface area (Å²) in [7, 11) is 0. The monoisotopic (exact) mass is 414 g/mol. The third-order valence-corrected chi connectivity index (χ3v) is 5.77. The topological polar surface area (TPSA) is 51.0 Å². The van der Waals surface area contributed by atoms with Gasteiger partial charge in [-0.25, -0.2) is 17.9 Å². The average molecular weight is 414 g/mol. The largest absolute Gasteiger partial charge is 0.331 e. The summed E-state index contributed by atoms with van der Waals surface area (Å²) in [5, 5.41) is 7.98. The van der Waals surface area contributed by atoms with Crippen LogP contribution < -0.4 is 0 Å². The molecule has 4 rings (SSSR count). The van der Waals surface area contributed by atoms with E-state index < -0.39 is 17.2 Å². The van der Waals surface area contributed by atoms with E-state index in [-0.39, 0.29) is 23.1 Å². The Hall–Kier alpha value is -3.16. The van der Waals surface area contributed by atoms with Gasteiger partial charge in [-0.1, -0.05) is 23.4 Å². The van der Waals surface area contributed by atoms with Crippen LogP contribution in [0.3, 0.4) is 0 Å². The number of hydrogen-bond acceptors (Lipinski definition) is 3. The zero-order valence-corrected chi connectivity index (χ0v) is 16.7. The van der Waals surface area contributed by atoms with Crippen LogP contribution in [0.4, 0.5) is 13.2 Å². The van der Waals surface area contributed by atoms with E-state index in [9.17, 15) is 18.0 Å². The Morgan fingerprint density at radius 2 is 1.87 bits per heavy atom. The number of carbonyl (C=O) groups is 1. The van der Waals surface area contributed by atoms with Gasteiger partial charge in [0.15, 0.2) is 17.3 Å². The quantitative estimate of drug-likeness (QED) is 0.642. The molecule has 0 bridgehead atoms. The van der Waals surface area contributed by atoms with Crippen LogP contribution in [0.1, 0.15) is 41.5 Å². The number of amides is 1. The van der Waals surface area contributed by atoms with Crippen molar-refractivity contribution >= 4 is 5.91 Å². The SMILES string of the molecule is Cc1c(C(=O)N2CCCC2(C)Cc2ccccc2F)nnn1-c1ccc(F)c(F)c1. The van der Waals surface area contributed by atoms with Crippen LogP contribution >= 0.6 is 0 Å². The van der Waals surface area contributed by atoms with Crippen LogP contribution in [0.25, 0.3) is 5.69 Å². The Labute approximate surface area is 172 Å². The molecule has 8 heteroatoms. The molecule has 1 aliphatic heterocycles. The highest BCUT2D eigenvalue weighted by molar-refractivity contribution is 5.94. The van der Waals surface area contributed by atoms with Gasteiger partial charge in [-0.3, -0.25) is 4.79 Å². The summed E-state index contributed by atoms with van der Waals surface area (Å²) in [5.41, 5.74) is 0.834. The van der Waals surface area contributed by atoms with Crippen LogP contribution in [-0.4, -0.2) is 37.9 Å². The minimum absolute atomic E-state index is 0.140. The first-order valence-corrected chi connectivity index (χ1v) is 9.73. The van der Waals surface area contributed by atoms with Gasteiger partial charge in [0, 0.05) is 18.2 Å². The molecule has 3 aromatic rings. The molecule has 0 N–H and O–H groups in total. The lowest BCUT2D eigenvalue weighted by atomic mass is 9.89. The fraction of sp³-hybridized carbons (Fsp3) is 0.318. The van der Waals surface area contributed by atoms with Crippen molar-refractivity contribution in [2.24, 2.45) is 0 Å². The molecule has 2 heterocycles. The molecule has 1 aliphatic rings. The van der Waals surface area contributed by atoms with E-state index in [0.717, 1.165) is 25.0 Å². The molecule has 1 fully saturated rings. The zero-order chi connectivity index (χ0) is 21.5. The average Bonchev–Trinajstić information content (AvgIpc) is 3.28. The van der Waals surface area contributed by atoms with Gasteiger partial charge in [0.1, 0.15) is 5.82 Å². The van der Waals surface area contributed by atoms with E-state index in [4.69, 9.17) is 0 Å². The number of hydrogen-bond donors (Lipinski definition) is 0. The van der Waals surface area contributed by atoms with E-state index in [0.29, 0.717) is 24.2 Å². The second-order valence-corrected chi connectivity index (χ2v) is 7.86. The van der Waals surface area contributed by atoms with Gasteiger partial charge in [0.2, 0.25) is 0 Å². The number of halogens is 3. The Balaban J connectivity index is 1.63. The maximum atomic E-state index is 14.2. The van der Waals surface area contributed by atoms with Crippen molar-refractivity contribution in [2.75, 3.05) is 6.54 Å². The van der Waals surface area contributed by atoms with Crippen LogP contribution in [-0.2, 0) is 6.42 Å². The fourth-order valence-electron chi connectivity index (χ4n) is 4.12. The molecule has 2 aromatic carbocycles. The van der Waals surface area contributed by atoms with Gasteiger partial charge in [-0.05, 0) is 56.9 Å². The maximum absolute atomic E-state index is 14.2. The molecule has 1 aromatic heterocycles. The van der Waals surface area contributed by atoms with Gasteiger partial charge >= 0.3 is 0 Å². The van der Waals surface area contributed by atoms with Crippen molar-refractivity contribution in [3.05, 3.63) is 76.9 Å². The van der Waals surface area contributed by atoms with Crippen molar-refractivity contribution in [3.63, 3.8) is 0 Å². The van der Waals surface area contributed by atoms with E-state index in [1.165, 1.54) is 16.8 Å². The Morgan fingerprint density at radius 3 is 2.60 bits per heavy atom. The predicted octanol–water partition coefficient (Wildman–Crippen LogP) is 4.23. The summed E-state index contributed by atoms with van der Waals surface area (Å²) in [5.74, 6) is -2.57. The third-order valence-electron chi connectivity index (χ3n) is 5.77. The molecular formula is C22H21F3N4O. The zero-order valence-electron chi connectivity index (χ0n) is 16.7. The lowest BCUT2D eigenvalue weighted by Gasteiger charge is -2.35. The molecule has 156 valence electrons. The molecular weight excluding hydrogens is 393 g/mol. The van der Waals surface area contributed by atoms with Gasteiger partial charge in [0.25, 0.3) is 5.91 Å². The molecule has 5 nitrogen and oxygen atoms in total. The van der Waals surface area contributed by atoms with E-state index in [2.05, 4.69) is 10.3 Å². The van der Waals surface area contributed by atoms with Crippen LogP contribution in [0.2, 0.25) is 0 Å². The summed E-state index contributed by atoms with van der Waals surface area (Å²) in [6, 6.07) is 9.93. The van der Waals surface area contributed by atoms with Gasteiger partial charge in [-0.2, -0.15) is 0 Å². The fourth-order valence-corrected chi connectivity index (χ4v) is 4.12. The number of likely N-dealkylation sites (tertiary alicyclic amines) is 1. The Kier molecular flexibility index (Phi) is 5.09. The molecule has 1 amide bonds. The van der Waals surface area contributed by atoms with E-state index >= 15 is 0 Å². The molecule has 0 aliphatic carbocycles. The standard InChI is InChI=1S/C22H21F3N4O/c1-14-20(26-27-29(14)16-8-9-18(24)19(25)12-16)21(30)28-11-5-10-22(28,2)13-15-6-3-4-7-17(15)23/h3-4,6-9,12H,5,10-11,13H2,1-2H3. The van der Waals surface area contributed by atoms with Crippen molar-refractivity contribution in [3.8, 4) is 5.69 Å². The molecule has 30 heavy (non-hydrogen) atoms. The van der Waals surface area contributed by atoms with Crippen molar-refractivity contribution in [2.45, 2.75) is 38.6 Å². The van der Waals surface area contributed by atoms with Gasteiger partial charge in [-0.15, -0.1) is 5.10 Å². The first-order chi connectivity index (χ1) is 14.3. The number of rotatable bonds is 4. The summed E-state index contributed by atoms with van der Waals surface area (Å²) in [4.78, 5) is 15.0. The van der Waals surface area contributed by atoms with Crippen LogP contribution in [0.5, 0.6) is 0 Å². The summed E-state index contributed by atoms with van der Waals surface area (Å²) in [6.07, 6.45) is 1.93.